The number of nitrogens with zero attached hydrogens (tertiary/aromatic N) is 1. The molecule has 0 bridgehead atoms. The van der Waals surface area contributed by atoms with E-state index in [2.05, 4.69) is 36.3 Å². The summed E-state index contributed by atoms with van der Waals surface area (Å²) in [5.41, 5.74) is 4.98. The van der Waals surface area contributed by atoms with Crippen molar-refractivity contribution in [2.45, 2.75) is 45.2 Å². The molecule has 5 rings (SSSR count). The zero-order chi connectivity index (χ0) is 24.7. The summed E-state index contributed by atoms with van der Waals surface area (Å²) in [7, 11) is 0. The number of rotatable bonds is 5. The van der Waals surface area contributed by atoms with Crippen LogP contribution in [0.15, 0.2) is 70.9 Å². The molecule has 2 aliphatic heterocycles. The molecule has 0 radical (unpaired) electrons. The van der Waals surface area contributed by atoms with E-state index in [9.17, 15) is 9.59 Å². The maximum atomic E-state index is 13.8. The van der Waals surface area contributed by atoms with Gasteiger partial charge in [-0.25, -0.2) is 4.79 Å². The molecule has 0 spiro atoms. The molecule has 35 heavy (non-hydrogen) atoms. The number of benzene rings is 2. The van der Waals surface area contributed by atoms with E-state index in [0.717, 1.165) is 27.7 Å². The number of hydrogen-bond donors (Lipinski definition) is 2. The predicted octanol–water partition coefficient (Wildman–Crippen LogP) is 5.67. The topological polar surface area (TPSA) is 74.4 Å². The van der Waals surface area contributed by atoms with E-state index in [1.54, 1.807) is 11.8 Å². The van der Waals surface area contributed by atoms with Gasteiger partial charge in [0.25, 0.3) is 5.91 Å². The molecule has 3 aromatic rings. The van der Waals surface area contributed by atoms with E-state index in [4.69, 9.17) is 4.74 Å². The van der Waals surface area contributed by atoms with Crippen molar-refractivity contribution in [1.82, 2.24) is 15.2 Å². The highest BCUT2D eigenvalue weighted by molar-refractivity contribution is 8.05. The van der Waals surface area contributed by atoms with Crippen LogP contribution in [0.25, 0.3) is 17.0 Å². The Bertz CT molecular complexity index is 1350. The van der Waals surface area contributed by atoms with Crippen LogP contribution in [0.1, 0.15) is 56.3 Å². The van der Waals surface area contributed by atoms with Crippen LogP contribution < -0.4 is 5.32 Å². The summed E-state index contributed by atoms with van der Waals surface area (Å²) in [6.45, 7) is 8.23. The van der Waals surface area contributed by atoms with Gasteiger partial charge in [0.15, 0.2) is 5.50 Å². The SMILES string of the molecule is CCOC(=O)C1=C(C)N[C@H]2S/C(=C\c3c[nH]c4ccccc34)C(=O)N2[C@H]1c1ccc(C(C)C)cc1. The molecular weight excluding hydrogens is 458 g/mol. The van der Waals surface area contributed by atoms with E-state index in [1.165, 1.54) is 17.3 Å². The number of H-pyrrole nitrogens is 1. The van der Waals surface area contributed by atoms with Gasteiger partial charge in [0.2, 0.25) is 0 Å². The largest absolute Gasteiger partial charge is 0.463 e. The number of allylic oxidation sites excluding steroid dienone is 1. The highest BCUT2D eigenvalue weighted by atomic mass is 32.2. The summed E-state index contributed by atoms with van der Waals surface area (Å²) in [6, 6.07) is 15.7. The van der Waals surface area contributed by atoms with Crippen LogP contribution in [-0.4, -0.2) is 33.9 Å². The van der Waals surface area contributed by atoms with Crippen LogP contribution in [0.2, 0.25) is 0 Å². The number of para-hydroxylation sites is 1. The molecule has 3 heterocycles. The third kappa shape index (κ3) is 4.14. The van der Waals surface area contributed by atoms with Crippen LogP contribution in [0.4, 0.5) is 0 Å². The van der Waals surface area contributed by atoms with Crippen molar-refractivity contribution in [3.63, 3.8) is 0 Å². The minimum atomic E-state index is -0.532. The van der Waals surface area contributed by atoms with Gasteiger partial charge in [0.05, 0.1) is 23.1 Å². The molecule has 1 saturated heterocycles. The third-order valence-corrected chi connectivity index (χ3v) is 7.67. The second kappa shape index (κ2) is 9.30. The Labute approximate surface area is 209 Å². The number of fused-ring (bicyclic) bond motifs is 2. The second-order valence-electron chi connectivity index (χ2n) is 9.11. The van der Waals surface area contributed by atoms with Gasteiger partial charge in [-0.15, -0.1) is 0 Å². The van der Waals surface area contributed by atoms with E-state index in [1.807, 2.05) is 55.6 Å². The lowest BCUT2D eigenvalue weighted by molar-refractivity contribution is -0.140. The number of amides is 1. The fourth-order valence-corrected chi connectivity index (χ4v) is 5.94. The highest BCUT2D eigenvalue weighted by Crippen LogP contribution is 2.46. The van der Waals surface area contributed by atoms with E-state index in [-0.39, 0.29) is 18.0 Å². The van der Waals surface area contributed by atoms with E-state index < -0.39 is 12.0 Å². The molecule has 0 aliphatic carbocycles. The Balaban J connectivity index is 1.57. The number of esters is 1. The summed E-state index contributed by atoms with van der Waals surface area (Å²) >= 11 is 1.47. The average molecular weight is 488 g/mol. The standard InChI is InChI=1S/C28H29N3O3S/c1-5-34-27(33)24-17(4)30-28-31(25(24)19-12-10-18(11-13-19)16(2)3)26(32)23(35-28)14-20-15-29-22-9-7-6-8-21(20)22/h6-16,25,28-30H,5H2,1-4H3/b23-14-/t25-,28+/m0/s1. The molecule has 2 atom stereocenters. The van der Waals surface area contributed by atoms with Crippen molar-refractivity contribution in [3.8, 4) is 0 Å². The van der Waals surface area contributed by atoms with Crippen molar-refractivity contribution in [2.75, 3.05) is 6.61 Å². The third-order valence-electron chi connectivity index (χ3n) is 6.55. The predicted molar refractivity (Wildman–Crippen MR) is 140 cm³/mol. The first kappa shape index (κ1) is 23.3. The molecule has 6 nitrogen and oxygen atoms in total. The van der Waals surface area contributed by atoms with Gasteiger partial charge in [-0.1, -0.05) is 68.1 Å². The fourth-order valence-electron chi connectivity index (χ4n) is 4.73. The van der Waals surface area contributed by atoms with Crippen molar-refractivity contribution >= 4 is 40.6 Å². The van der Waals surface area contributed by atoms with Crippen LogP contribution >= 0.6 is 11.8 Å². The quantitative estimate of drug-likeness (QED) is 0.358. The first-order chi connectivity index (χ1) is 16.9. The highest BCUT2D eigenvalue weighted by Gasteiger charge is 2.47. The maximum absolute atomic E-state index is 13.8. The summed E-state index contributed by atoms with van der Waals surface area (Å²) in [6.07, 6.45) is 3.86. The van der Waals surface area contributed by atoms with Crippen LogP contribution in [0, 0.1) is 0 Å². The van der Waals surface area contributed by atoms with Crippen molar-refractivity contribution in [1.29, 1.82) is 0 Å². The van der Waals surface area contributed by atoms with Gasteiger partial charge in [-0.05, 0) is 43.0 Å². The number of hydrogen-bond acceptors (Lipinski definition) is 5. The van der Waals surface area contributed by atoms with E-state index in [0.29, 0.717) is 16.4 Å². The molecule has 2 aliphatic rings. The van der Waals surface area contributed by atoms with Crippen LogP contribution in [-0.2, 0) is 14.3 Å². The minimum Gasteiger partial charge on any atom is -0.463 e. The summed E-state index contributed by atoms with van der Waals surface area (Å²) in [4.78, 5) is 32.5. The Kier molecular flexibility index (Phi) is 6.19. The van der Waals surface area contributed by atoms with Gasteiger partial charge in [0, 0.05) is 28.4 Å². The average Bonchev–Trinajstić information content (AvgIpc) is 3.39. The molecule has 7 heteroatoms. The first-order valence-corrected chi connectivity index (χ1v) is 12.8. The number of aromatic nitrogens is 1. The van der Waals surface area contributed by atoms with Gasteiger partial charge >= 0.3 is 5.97 Å². The monoisotopic (exact) mass is 487 g/mol. The number of carbonyl (C=O) groups is 2. The molecule has 0 unspecified atom stereocenters. The molecule has 2 N–H and O–H groups in total. The number of thioether (sulfide) groups is 1. The normalized spacial score (nSPS) is 21.1. The Morgan fingerprint density at radius 3 is 2.63 bits per heavy atom. The molecule has 1 fully saturated rings. The summed E-state index contributed by atoms with van der Waals surface area (Å²) < 4.78 is 5.41. The molecule has 1 amide bonds. The van der Waals surface area contributed by atoms with Gasteiger partial charge in [-0.2, -0.15) is 0 Å². The zero-order valence-corrected chi connectivity index (χ0v) is 21.1. The molecule has 1 aromatic heterocycles. The Hall–Kier alpha value is -3.45. The number of carbonyl (C=O) groups excluding carboxylic acids is 2. The summed E-state index contributed by atoms with van der Waals surface area (Å²) in [5, 5.41) is 4.44. The zero-order valence-electron chi connectivity index (χ0n) is 20.3. The summed E-state index contributed by atoms with van der Waals surface area (Å²) in [5.74, 6) is -0.118. The number of nitrogens with one attached hydrogen (secondary N) is 2. The fraction of sp³-hybridized carbons (Fsp3) is 0.286. The molecule has 0 saturated carbocycles. The molecule has 2 aromatic carbocycles. The van der Waals surface area contributed by atoms with Gasteiger partial charge < -0.3 is 15.0 Å². The van der Waals surface area contributed by atoms with Gasteiger partial charge in [-0.3, -0.25) is 9.69 Å². The molecule has 180 valence electrons. The van der Waals surface area contributed by atoms with Crippen molar-refractivity contribution in [3.05, 3.63) is 87.6 Å². The lowest BCUT2D eigenvalue weighted by Crippen LogP contribution is -2.49. The smallest absolute Gasteiger partial charge is 0.338 e. The lowest BCUT2D eigenvalue weighted by atomic mass is 9.91. The van der Waals surface area contributed by atoms with Gasteiger partial charge in [0.1, 0.15) is 0 Å². The lowest BCUT2D eigenvalue weighted by Gasteiger charge is -2.39. The van der Waals surface area contributed by atoms with Crippen LogP contribution in [0.3, 0.4) is 0 Å². The second-order valence-corrected chi connectivity index (χ2v) is 10.2. The maximum Gasteiger partial charge on any atom is 0.338 e. The number of aromatic amines is 1. The Morgan fingerprint density at radius 2 is 1.91 bits per heavy atom. The van der Waals surface area contributed by atoms with Crippen molar-refractivity contribution in [2.24, 2.45) is 0 Å². The minimum absolute atomic E-state index is 0.106. The van der Waals surface area contributed by atoms with Crippen molar-refractivity contribution < 1.29 is 14.3 Å². The van der Waals surface area contributed by atoms with E-state index >= 15 is 0 Å². The Morgan fingerprint density at radius 1 is 1.17 bits per heavy atom. The first-order valence-electron chi connectivity index (χ1n) is 11.9. The van der Waals surface area contributed by atoms with Crippen LogP contribution in [0.5, 0.6) is 0 Å². The number of ether oxygens (including phenoxy) is 1. The molecular formula is C28H29N3O3S.